The standard InChI is InChI=1S/C27H34ClN5O2/c1-27(10-11-27)26(35)32-12-8-19(9-13-32)25(34)33-16-20(14-30-24-7-6-22(29)15-31-24)23(17-33)18-2-4-21(28)5-3-18/h2-7,15,19-20,23H,8-14,16-17,29H2,1H3,(H,30,31). The molecule has 3 fully saturated rings. The molecule has 2 atom stereocenters. The maximum Gasteiger partial charge on any atom is 0.228 e. The van der Waals surface area contributed by atoms with Crippen LogP contribution >= 0.6 is 11.6 Å². The second kappa shape index (κ2) is 9.69. The number of nitrogen functional groups attached to an aromatic ring is 1. The lowest BCUT2D eigenvalue weighted by Gasteiger charge is -2.34. The predicted molar refractivity (Wildman–Crippen MR) is 138 cm³/mol. The minimum Gasteiger partial charge on any atom is -0.397 e. The summed E-state index contributed by atoms with van der Waals surface area (Å²) in [4.78, 5) is 34.6. The lowest BCUT2D eigenvalue weighted by Crippen LogP contribution is -2.45. The molecule has 2 saturated heterocycles. The molecule has 1 saturated carbocycles. The number of anilines is 2. The van der Waals surface area contributed by atoms with Crippen molar-refractivity contribution >= 4 is 34.9 Å². The summed E-state index contributed by atoms with van der Waals surface area (Å²) in [5, 5.41) is 4.14. The van der Waals surface area contributed by atoms with Gasteiger partial charge in [0, 0.05) is 60.9 Å². The van der Waals surface area contributed by atoms with Crippen molar-refractivity contribution in [3.63, 3.8) is 0 Å². The van der Waals surface area contributed by atoms with E-state index in [1.165, 1.54) is 5.56 Å². The molecule has 35 heavy (non-hydrogen) atoms. The van der Waals surface area contributed by atoms with Gasteiger partial charge in [0.25, 0.3) is 0 Å². The van der Waals surface area contributed by atoms with Crippen LogP contribution in [0.2, 0.25) is 5.02 Å². The van der Waals surface area contributed by atoms with E-state index in [2.05, 4.69) is 29.4 Å². The Kier molecular flexibility index (Phi) is 6.62. The van der Waals surface area contributed by atoms with Gasteiger partial charge < -0.3 is 20.9 Å². The van der Waals surface area contributed by atoms with Gasteiger partial charge in [0.15, 0.2) is 0 Å². The molecule has 3 heterocycles. The SMILES string of the molecule is CC1(C(=O)N2CCC(C(=O)N3CC(CNc4ccc(N)cn4)C(c4ccc(Cl)cc4)C3)CC2)CC1. The fourth-order valence-electron chi connectivity index (χ4n) is 5.46. The van der Waals surface area contributed by atoms with Gasteiger partial charge in [-0.1, -0.05) is 30.7 Å². The monoisotopic (exact) mass is 495 g/mol. The number of hydrogen-bond acceptors (Lipinski definition) is 5. The highest BCUT2D eigenvalue weighted by Crippen LogP contribution is 2.47. The second-order valence-electron chi connectivity index (χ2n) is 10.6. The Labute approximate surface area is 212 Å². The average molecular weight is 496 g/mol. The van der Waals surface area contributed by atoms with Gasteiger partial charge in [-0.05, 0) is 55.5 Å². The van der Waals surface area contributed by atoms with E-state index < -0.39 is 0 Å². The number of halogens is 1. The van der Waals surface area contributed by atoms with Gasteiger partial charge in [-0.3, -0.25) is 9.59 Å². The van der Waals surface area contributed by atoms with Gasteiger partial charge in [0.1, 0.15) is 5.82 Å². The molecule has 1 aromatic carbocycles. The summed E-state index contributed by atoms with van der Waals surface area (Å²) in [5.74, 6) is 1.73. The van der Waals surface area contributed by atoms with Crippen LogP contribution in [0.1, 0.15) is 44.1 Å². The maximum atomic E-state index is 13.5. The van der Waals surface area contributed by atoms with E-state index in [1.54, 1.807) is 6.20 Å². The van der Waals surface area contributed by atoms with E-state index in [4.69, 9.17) is 17.3 Å². The van der Waals surface area contributed by atoms with Crippen LogP contribution in [0.5, 0.6) is 0 Å². The third-order valence-corrected chi connectivity index (χ3v) is 8.28. The van der Waals surface area contributed by atoms with Crippen LogP contribution < -0.4 is 11.1 Å². The number of piperidine rings is 1. The zero-order valence-electron chi connectivity index (χ0n) is 20.3. The number of aromatic nitrogens is 1. The minimum absolute atomic E-state index is 0.0117. The van der Waals surface area contributed by atoms with Crippen LogP contribution in [0.15, 0.2) is 42.6 Å². The molecule has 2 amide bonds. The Balaban J connectivity index is 1.24. The van der Waals surface area contributed by atoms with E-state index in [0.717, 1.165) is 31.5 Å². The van der Waals surface area contributed by atoms with E-state index in [9.17, 15) is 9.59 Å². The van der Waals surface area contributed by atoms with Crippen LogP contribution in [0.3, 0.4) is 0 Å². The Hall–Kier alpha value is -2.80. The molecule has 5 rings (SSSR count). The third-order valence-electron chi connectivity index (χ3n) is 8.03. The summed E-state index contributed by atoms with van der Waals surface area (Å²) in [6, 6.07) is 11.7. The van der Waals surface area contributed by atoms with E-state index in [-0.39, 0.29) is 35.0 Å². The van der Waals surface area contributed by atoms with Gasteiger partial charge in [0.2, 0.25) is 11.8 Å². The summed E-state index contributed by atoms with van der Waals surface area (Å²) < 4.78 is 0. The van der Waals surface area contributed by atoms with Crippen molar-refractivity contribution in [2.75, 3.05) is 43.8 Å². The predicted octanol–water partition coefficient (Wildman–Crippen LogP) is 4.01. The van der Waals surface area contributed by atoms with Crippen molar-refractivity contribution in [1.82, 2.24) is 14.8 Å². The van der Waals surface area contributed by atoms with Gasteiger partial charge in [-0.2, -0.15) is 0 Å². The van der Waals surface area contributed by atoms with Crippen molar-refractivity contribution in [2.24, 2.45) is 17.3 Å². The fraction of sp³-hybridized carbons (Fsp3) is 0.519. The fourth-order valence-corrected chi connectivity index (χ4v) is 5.59. The van der Waals surface area contributed by atoms with Crippen molar-refractivity contribution in [1.29, 1.82) is 0 Å². The molecular weight excluding hydrogens is 462 g/mol. The lowest BCUT2D eigenvalue weighted by molar-refractivity contribution is -0.142. The number of hydrogen-bond donors (Lipinski definition) is 2. The first-order valence-corrected chi connectivity index (χ1v) is 13.0. The number of pyridine rings is 1. The largest absolute Gasteiger partial charge is 0.397 e. The summed E-state index contributed by atoms with van der Waals surface area (Å²) in [6.07, 6.45) is 5.13. The third kappa shape index (κ3) is 5.25. The first kappa shape index (κ1) is 23.9. The summed E-state index contributed by atoms with van der Waals surface area (Å²) in [5.41, 5.74) is 7.44. The molecule has 1 aromatic heterocycles. The van der Waals surface area contributed by atoms with Crippen LogP contribution in [-0.2, 0) is 9.59 Å². The Morgan fingerprint density at radius 1 is 1.09 bits per heavy atom. The van der Waals surface area contributed by atoms with Gasteiger partial charge in [0.05, 0.1) is 11.9 Å². The highest BCUT2D eigenvalue weighted by Gasteiger charge is 2.48. The van der Waals surface area contributed by atoms with Crippen LogP contribution in [0, 0.1) is 17.3 Å². The molecule has 2 unspecified atom stereocenters. The van der Waals surface area contributed by atoms with Crippen molar-refractivity contribution in [3.8, 4) is 0 Å². The number of nitrogens with zero attached hydrogens (tertiary/aromatic N) is 3. The minimum atomic E-state index is -0.142. The summed E-state index contributed by atoms with van der Waals surface area (Å²) in [6.45, 7) is 5.53. The molecule has 2 aliphatic heterocycles. The number of likely N-dealkylation sites (tertiary alicyclic amines) is 2. The van der Waals surface area contributed by atoms with Gasteiger partial charge >= 0.3 is 0 Å². The number of nitrogens with two attached hydrogens (primary N) is 1. The first-order valence-electron chi connectivity index (χ1n) is 12.6. The highest BCUT2D eigenvalue weighted by atomic mass is 35.5. The number of amides is 2. The molecule has 0 radical (unpaired) electrons. The Morgan fingerprint density at radius 2 is 1.80 bits per heavy atom. The zero-order valence-corrected chi connectivity index (χ0v) is 21.0. The molecule has 0 bridgehead atoms. The van der Waals surface area contributed by atoms with E-state index in [0.29, 0.717) is 43.4 Å². The number of carbonyl (C=O) groups is 2. The average Bonchev–Trinajstić information content (AvgIpc) is 3.49. The molecule has 2 aromatic rings. The van der Waals surface area contributed by atoms with Crippen molar-refractivity contribution in [2.45, 2.75) is 38.5 Å². The maximum absolute atomic E-state index is 13.5. The van der Waals surface area contributed by atoms with Gasteiger partial charge in [-0.15, -0.1) is 0 Å². The zero-order chi connectivity index (χ0) is 24.6. The first-order chi connectivity index (χ1) is 16.8. The van der Waals surface area contributed by atoms with E-state index in [1.807, 2.05) is 34.1 Å². The molecule has 186 valence electrons. The van der Waals surface area contributed by atoms with Crippen LogP contribution in [0.25, 0.3) is 0 Å². The molecule has 0 spiro atoms. The number of rotatable bonds is 6. The molecule has 3 aliphatic rings. The molecule has 1 aliphatic carbocycles. The smallest absolute Gasteiger partial charge is 0.228 e. The van der Waals surface area contributed by atoms with Crippen LogP contribution in [-0.4, -0.2) is 59.3 Å². The Bertz CT molecular complexity index is 1060. The van der Waals surface area contributed by atoms with E-state index >= 15 is 0 Å². The summed E-state index contributed by atoms with van der Waals surface area (Å²) in [7, 11) is 0. The van der Waals surface area contributed by atoms with Crippen molar-refractivity contribution < 1.29 is 9.59 Å². The number of nitrogens with one attached hydrogen (secondary N) is 1. The van der Waals surface area contributed by atoms with Crippen LogP contribution in [0.4, 0.5) is 11.5 Å². The topological polar surface area (TPSA) is 91.6 Å². The molecular formula is C27H34ClN5O2. The Morgan fingerprint density at radius 3 is 2.43 bits per heavy atom. The molecule has 7 nitrogen and oxygen atoms in total. The quantitative estimate of drug-likeness (QED) is 0.631. The van der Waals surface area contributed by atoms with Gasteiger partial charge in [-0.25, -0.2) is 4.98 Å². The highest BCUT2D eigenvalue weighted by molar-refractivity contribution is 6.30. The normalized spacial score (nSPS) is 23.8. The molecule has 8 heteroatoms. The lowest BCUT2D eigenvalue weighted by atomic mass is 9.89. The summed E-state index contributed by atoms with van der Waals surface area (Å²) >= 11 is 6.13. The van der Waals surface area contributed by atoms with Crippen molar-refractivity contribution in [3.05, 3.63) is 53.2 Å². The second-order valence-corrected chi connectivity index (χ2v) is 11.1. The number of benzene rings is 1. The number of carbonyl (C=O) groups excluding carboxylic acids is 2. The molecule has 3 N–H and O–H groups in total.